The highest BCUT2D eigenvalue weighted by Gasteiger charge is 2.46. The number of ether oxygens (including phenoxy) is 1. The fourth-order valence-corrected chi connectivity index (χ4v) is 2.45. The quantitative estimate of drug-likeness (QED) is 0.633. The minimum Gasteiger partial charge on any atom is -0.444 e. The lowest BCUT2D eigenvalue weighted by molar-refractivity contribution is -0.127. The molecule has 1 amide bonds. The monoisotopic (exact) mass is 225 g/mol. The van der Waals surface area contributed by atoms with Crippen molar-refractivity contribution in [1.82, 2.24) is 4.90 Å². The molecule has 2 atom stereocenters. The Labute approximate surface area is 95.9 Å². The van der Waals surface area contributed by atoms with E-state index in [2.05, 4.69) is 0 Å². The van der Waals surface area contributed by atoms with E-state index in [-0.39, 0.29) is 12.1 Å². The first-order valence-electron chi connectivity index (χ1n) is 5.88. The maximum Gasteiger partial charge on any atom is 0.410 e. The van der Waals surface area contributed by atoms with E-state index in [1.807, 2.05) is 20.8 Å². The first-order valence-corrected chi connectivity index (χ1v) is 5.88. The van der Waals surface area contributed by atoms with E-state index in [1.165, 1.54) is 0 Å². The minimum atomic E-state index is -0.438. The Balaban J connectivity index is 1.90. The molecule has 0 N–H and O–H groups in total. The zero-order chi connectivity index (χ0) is 11.9. The van der Waals surface area contributed by atoms with Crippen molar-refractivity contribution in [2.75, 3.05) is 6.54 Å². The second kappa shape index (κ2) is 3.75. The molecule has 0 spiro atoms. The van der Waals surface area contributed by atoms with E-state index >= 15 is 0 Å². The van der Waals surface area contributed by atoms with Gasteiger partial charge in [-0.1, -0.05) is 0 Å². The molecule has 0 aromatic carbocycles. The zero-order valence-corrected chi connectivity index (χ0v) is 10.2. The van der Waals surface area contributed by atoms with Crippen molar-refractivity contribution in [1.29, 1.82) is 0 Å². The number of carbonyl (C=O) groups excluding carboxylic acids is 2. The molecule has 4 heteroatoms. The van der Waals surface area contributed by atoms with E-state index in [0.29, 0.717) is 31.1 Å². The van der Waals surface area contributed by atoms with Crippen molar-refractivity contribution in [3.05, 3.63) is 0 Å². The number of nitrogens with zero attached hydrogens (tertiary/aromatic N) is 1. The molecular weight excluding hydrogens is 206 g/mol. The van der Waals surface area contributed by atoms with Gasteiger partial charge in [-0.05, 0) is 27.2 Å². The van der Waals surface area contributed by atoms with Crippen molar-refractivity contribution < 1.29 is 14.3 Å². The van der Waals surface area contributed by atoms with Crippen LogP contribution in [0.25, 0.3) is 0 Å². The molecule has 0 bridgehead atoms. The maximum absolute atomic E-state index is 11.8. The van der Waals surface area contributed by atoms with Crippen LogP contribution in [-0.2, 0) is 9.53 Å². The maximum atomic E-state index is 11.8. The van der Waals surface area contributed by atoms with Crippen molar-refractivity contribution in [2.45, 2.75) is 51.7 Å². The Morgan fingerprint density at radius 2 is 2.12 bits per heavy atom. The molecule has 1 heterocycles. The van der Waals surface area contributed by atoms with Gasteiger partial charge in [0.2, 0.25) is 0 Å². The SMILES string of the molecule is CC(C)(C)OC(=O)N1C[C@H]2CC(=O)CC[C@H]21. The van der Waals surface area contributed by atoms with Crippen LogP contribution in [0.15, 0.2) is 0 Å². The second-order valence-electron chi connectivity index (χ2n) is 5.74. The summed E-state index contributed by atoms with van der Waals surface area (Å²) in [5, 5.41) is 0. The van der Waals surface area contributed by atoms with Gasteiger partial charge >= 0.3 is 6.09 Å². The third-order valence-corrected chi connectivity index (χ3v) is 3.21. The number of hydrogen-bond donors (Lipinski definition) is 0. The molecule has 4 nitrogen and oxygen atoms in total. The molecule has 0 radical (unpaired) electrons. The van der Waals surface area contributed by atoms with Crippen molar-refractivity contribution in [3.63, 3.8) is 0 Å². The molecule has 0 unspecified atom stereocenters. The van der Waals surface area contributed by atoms with Crippen LogP contribution in [0.1, 0.15) is 40.0 Å². The summed E-state index contributed by atoms with van der Waals surface area (Å²) in [6.45, 7) is 6.29. The second-order valence-corrected chi connectivity index (χ2v) is 5.74. The molecule has 16 heavy (non-hydrogen) atoms. The smallest absolute Gasteiger partial charge is 0.410 e. The fraction of sp³-hybridized carbons (Fsp3) is 0.833. The lowest BCUT2D eigenvalue weighted by Gasteiger charge is -2.50. The number of rotatable bonds is 0. The minimum absolute atomic E-state index is 0.233. The highest BCUT2D eigenvalue weighted by molar-refractivity contribution is 5.81. The summed E-state index contributed by atoms with van der Waals surface area (Å²) in [7, 11) is 0. The molecule has 2 aliphatic rings. The zero-order valence-electron chi connectivity index (χ0n) is 10.2. The van der Waals surface area contributed by atoms with E-state index in [9.17, 15) is 9.59 Å². The molecule has 2 rings (SSSR count). The Hall–Kier alpha value is -1.06. The number of ketones is 1. The molecule has 1 saturated heterocycles. The Morgan fingerprint density at radius 1 is 1.44 bits per heavy atom. The summed E-state index contributed by atoms with van der Waals surface area (Å²) < 4.78 is 5.32. The van der Waals surface area contributed by atoms with Gasteiger partial charge in [0.05, 0.1) is 0 Å². The van der Waals surface area contributed by atoms with Crippen LogP contribution >= 0.6 is 0 Å². The van der Waals surface area contributed by atoms with Gasteiger partial charge in [0.15, 0.2) is 0 Å². The van der Waals surface area contributed by atoms with Gasteiger partial charge in [-0.15, -0.1) is 0 Å². The topological polar surface area (TPSA) is 46.6 Å². The third kappa shape index (κ3) is 2.20. The van der Waals surface area contributed by atoms with Gasteiger partial charge < -0.3 is 9.64 Å². The van der Waals surface area contributed by atoms with Gasteiger partial charge in [0, 0.05) is 31.3 Å². The molecule has 1 aliphatic carbocycles. The van der Waals surface area contributed by atoms with E-state index < -0.39 is 5.60 Å². The summed E-state index contributed by atoms with van der Waals surface area (Å²) in [6.07, 6.45) is 1.83. The van der Waals surface area contributed by atoms with Crippen LogP contribution in [0.5, 0.6) is 0 Å². The first-order chi connectivity index (χ1) is 7.37. The molecule has 0 aromatic heterocycles. The molecule has 0 aromatic rings. The number of fused-ring (bicyclic) bond motifs is 1. The van der Waals surface area contributed by atoms with Crippen LogP contribution in [0.4, 0.5) is 4.79 Å². The summed E-state index contributed by atoms with van der Waals surface area (Å²) >= 11 is 0. The fourth-order valence-electron chi connectivity index (χ4n) is 2.45. The number of likely N-dealkylation sites (tertiary alicyclic amines) is 1. The number of carbonyl (C=O) groups is 2. The lowest BCUT2D eigenvalue weighted by Crippen LogP contribution is -2.61. The highest BCUT2D eigenvalue weighted by Crippen LogP contribution is 2.36. The van der Waals surface area contributed by atoms with Crippen molar-refractivity contribution >= 4 is 11.9 Å². The van der Waals surface area contributed by atoms with E-state index in [1.54, 1.807) is 4.90 Å². The van der Waals surface area contributed by atoms with Gasteiger partial charge in [0.1, 0.15) is 11.4 Å². The molecular formula is C12H19NO3. The predicted molar refractivity (Wildman–Crippen MR) is 59.1 cm³/mol. The standard InChI is InChI=1S/C12H19NO3/c1-12(2,3)16-11(15)13-7-8-6-9(14)4-5-10(8)13/h8,10H,4-7H2,1-3H3/t8-,10-/m1/s1. The van der Waals surface area contributed by atoms with Crippen molar-refractivity contribution in [2.24, 2.45) is 5.92 Å². The van der Waals surface area contributed by atoms with Gasteiger partial charge in [-0.3, -0.25) is 4.79 Å². The van der Waals surface area contributed by atoms with Crippen LogP contribution in [0.2, 0.25) is 0 Å². The summed E-state index contributed by atoms with van der Waals surface area (Å²) in [6, 6.07) is 0.243. The molecule has 90 valence electrons. The van der Waals surface area contributed by atoms with Crippen LogP contribution in [0, 0.1) is 5.92 Å². The number of Topliss-reactive ketones (excluding diaryl/α,β-unsaturated/α-hetero) is 1. The average molecular weight is 225 g/mol. The third-order valence-electron chi connectivity index (χ3n) is 3.21. The van der Waals surface area contributed by atoms with E-state index in [0.717, 1.165) is 6.42 Å². The van der Waals surface area contributed by atoms with E-state index in [4.69, 9.17) is 4.74 Å². The molecule has 2 fully saturated rings. The Bertz CT molecular complexity index is 319. The number of hydrogen-bond acceptors (Lipinski definition) is 3. The first kappa shape index (κ1) is 11.4. The van der Waals surface area contributed by atoms with Crippen molar-refractivity contribution in [3.8, 4) is 0 Å². The van der Waals surface area contributed by atoms with Gasteiger partial charge in [-0.25, -0.2) is 4.79 Å². The molecule has 1 saturated carbocycles. The largest absolute Gasteiger partial charge is 0.444 e. The van der Waals surface area contributed by atoms with Gasteiger partial charge in [0.25, 0.3) is 0 Å². The number of amides is 1. The normalized spacial score (nSPS) is 29.4. The van der Waals surface area contributed by atoms with Crippen LogP contribution < -0.4 is 0 Å². The summed E-state index contributed by atoms with van der Waals surface area (Å²) in [5.41, 5.74) is -0.438. The Morgan fingerprint density at radius 3 is 2.69 bits per heavy atom. The predicted octanol–water partition coefficient (Wildman–Crippen LogP) is 1.97. The highest BCUT2D eigenvalue weighted by atomic mass is 16.6. The van der Waals surface area contributed by atoms with Crippen LogP contribution in [0.3, 0.4) is 0 Å². The van der Waals surface area contributed by atoms with Crippen LogP contribution in [-0.4, -0.2) is 35.0 Å². The average Bonchev–Trinajstić information content (AvgIpc) is 2.06. The Kier molecular flexibility index (Phi) is 2.68. The van der Waals surface area contributed by atoms with Gasteiger partial charge in [-0.2, -0.15) is 0 Å². The molecule has 1 aliphatic heterocycles. The summed E-state index contributed by atoms with van der Waals surface area (Å²) in [4.78, 5) is 24.8. The summed E-state index contributed by atoms with van der Waals surface area (Å²) in [5.74, 6) is 0.721. The lowest BCUT2D eigenvalue weighted by atomic mass is 9.76.